The van der Waals surface area contributed by atoms with E-state index in [0.29, 0.717) is 11.2 Å². The second-order valence-electron chi connectivity index (χ2n) is 4.60. The van der Waals surface area contributed by atoms with Crippen molar-refractivity contribution in [1.29, 1.82) is 0 Å². The van der Waals surface area contributed by atoms with Crippen molar-refractivity contribution in [3.63, 3.8) is 0 Å². The van der Waals surface area contributed by atoms with Crippen LogP contribution in [0.5, 0.6) is 0 Å². The average molecular weight is 357 g/mol. The zero-order chi connectivity index (χ0) is 15.9. The van der Waals surface area contributed by atoms with Crippen molar-refractivity contribution in [1.82, 2.24) is 4.98 Å². The van der Waals surface area contributed by atoms with Crippen molar-refractivity contribution in [3.8, 4) is 0 Å². The molecule has 0 aliphatic rings. The molecule has 0 saturated carbocycles. The van der Waals surface area contributed by atoms with Crippen molar-refractivity contribution in [3.05, 3.63) is 52.2 Å². The minimum atomic E-state index is -3.90. The van der Waals surface area contributed by atoms with Crippen LogP contribution in [-0.4, -0.2) is 13.4 Å². The number of thiazole rings is 1. The Morgan fingerprint density at radius 3 is 2.73 bits per heavy atom. The predicted octanol–water partition coefficient (Wildman–Crippen LogP) is 4.20. The van der Waals surface area contributed by atoms with Crippen molar-refractivity contribution in [2.45, 2.75) is 11.8 Å². The van der Waals surface area contributed by atoms with Crippen LogP contribution in [0.1, 0.15) is 5.01 Å². The average Bonchev–Trinajstić information content (AvgIpc) is 2.77. The lowest BCUT2D eigenvalue weighted by atomic mass is 10.3. The summed E-state index contributed by atoms with van der Waals surface area (Å²) in [6, 6.07) is 8.23. The van der Waals surface area contributed by atoms with Crippen molar-refractivity contribution in [2.75, 3.05) is 4.72 Å². The molecule has 8 heteroatoms. The molecular formula is C14H10ClFN2O2S2. The summed E-state index contributed by atoms with van der Waals surface area (Å²) >= 11 is 7.34. The van der Waals surface area contributed by atoms with E-state index in [1.54, 1.807) is 18.2 Å². The summed E-state index contributed by atoms with van der Waals surface area (Å²) in [5, 5.41) is 0.731. The summed E-state index contributed by atoms with van der Waals surface area (Å²) in [7, 11) is -3.90. The van der Waals surface area contributed by atoms with Gasteiger partial charge in [0.1, 0.15) is 10.7 Å². The van der Waals surface area contributed by atoms with E-state index in [1.807, 2.05) is 6.92 Å². The number of nitrogens with one attached hydrogen (secondary N) is 1. The Kier molecular flexibility index (Phi) is 3.80. The number of nitrogens with zero attached hydrogens (tertiary/aromatic N) is 1. The maximum absolute atomic E-state index is 13.0. The minimum absolute atomic E-state index is 0.168. The van der Waals surface area contributed by atoms with Gasteiger partial charge in [-0.25, -0.2) is 17.8 Å². The summed E-state index contributed by atoms with van der Waals surface area (Å²) in [6.07, 6.45) is 0. The van der Waals surface area contributed by atoms with E-state index in [4.69, 9.17) is 11.6 Å². The Morgan fingerprint density at radius 1 is 1.23 bits per heavy atom. The second-order valence-corrected chi connectivity index (χ2v) is 7.89. The number of rotatable bonds is 3. The molecule has 4 nitrogen and oxygen atoms in total. The van der Waals surface area contributed by atoms with Gasteiger partial charge in [-0.15, -0.1) is 11.3 Å². The lowest BCUT2D eigenvalue weighted by Gasteiger charge is -2.09. The number of hydrogen-bond acceptors (Lipinski definition) is 4. The fourth-order valence-corrected chi connectivity index (χ4v) is 4.40. The van der Waals surface area contributed by atoms with Crippen molar-refractivity contribution in [2.24, 2.45) is 0 Å². The molecular weight excluding hydrogens is 347 g/mol. The third kappa shape index (κ3) is 2.92. The zero-order valence-electron chi connectivity index (χ0n) is 11.3. The Labute approximate surface area is 135 Å². The highest BCUT2D eigenvalue weighted by molar-refractivity contribution is 7.92. The molecule has 0 atom stereocenters. The second kappa shape index (κ2) is 5.49. The molecule has 0 radical (unpaired) electrons. The van der Waals surface area contributed by atoms with E-state index >= 15 is 0 Å². The van der Waals surface area contributed by atoms with Gasteiger partial charge in [0.2, 0.25) is 0 Å². The first-order valence-corrected chi connectivity index (χ1v) is 8.88. The van der Waals surface area contributed by atoms with Crippen LogP contribution in [0.4, 0.5) is 10.1 Å². The van der Waals surface area contributed by atoms with Crippen LogP contribution in [0.25, 0.3) is 10.2 Å². The first-order chi connectivity index (χ1) is 10.3. The molecule has 2 aromatic carbocycles. The summed E-state index contributed by atoms with van der Waals surface area (Å²) < 4.78 is 41.1. The highest BCUT2D eigenvalue weighted by Crippen LogP contribution is 2.28. The Morgan fingerprint density at radius 2 is 2.00 bits per heavy atom. The first-order valence-electron chi connectivity index (χ1n) is 6.20. The molecule has 22 heavy (non-hydrogen) atoms. The van der Waals surface area contributed by atoms with E-state index in [-0.39, 0.29) is 9.92 Å². The lowest BCUT2D eigenvalue weighted by Crippen LogP contribution is -2.13. The number of anilines is 1. The maximum Gasteiger partial charge on any atom is 0.263 e. The van der Waals surface area contributed by atoms with Crippen LogP contribution in [0.15, 0.2) is 41.3 Å². The molecule has 1 aromatic heterocycles. The number of fused-ring (bicyclic) bond motifs is 1. The van der Waals surface area contributed by atoms with Crippen LogP contribution < -0.4 is 4.72 Å². The summed E-state index contributed by atoms with van der Waals surface area (Å²) in [5.41, 5.74) is 1.09. The zero-order valence-corrected chi connectivity index (χ0v) is 13.7. The van der Waals surface area contributed by atoms with E-state index < -0.39 is 15.8 Å². The number of sulfonamides is 1. The minimum Gasteiger partial charge on any atom is -0.280 e. The number of hydrogen-bond donors (Lipinski definition) is 1. The van der Waals surface area contributed by atoms with Gasteiger partial charge in [-0.2, -0.15) is 0 Å². The molecule has 0 fully saturated rings. The standard InChI is InChI=1S/C14H10ClFN2O2S2/c1-8-17-12-7-10(3-4-13(12)21-8)18-22(19,20)14-5-2-9(16)6-11(14)15/h2-7,18H,1H3. The van der Waals surface area contributed by atoms with Crippen LogP contribution in [0.3, 0.4) is 0 Å². The van der Waals surface area contributed by atoms with Gasteiger partial charge in [0.15, 0.2) is 0 Å². The van der Waals surface area contributed by atoms with E-state index in [2.05, 4.69) is 9.71 Å². The van der Waals surface area contributed by atoms with Gasteiger partial charge in [-0.1, -0.05) is 11.6 Å². The third-order valence-electron chi connectivity index (χ3n) is 2.93. The first kappa shape index (κ1) is 15.2. The molecule has 3 rings (SSSR count). The number of benzene rings is 2. The molecule has 114 valence electrons. The Balaban J connectivity index is 1.98. The smallest absolute Gasteiger partial charge is 0.263 e. The third-order valence-corrected chi connectivity index (χ3v) is 5.75. The molecule has 1 N–H and O–H groups in total. The molecule has 0 amide bonds. The van der Waals surface area contributed by atoms with Gasteiger partial charge in [0.05, 0.1) is 25.9 Å². The molecule has 0 bridgehead atoms. The summed E-state index contributed by atoms with van der Waals surface area (Å²) in [6.45, 7) is 1.88. The lowest BCUT2D eigenvalue weighted by molar-refractivity contribution is 0.600. The summed E-state index contributed by atoms with van der Waals surface area (Å²) in [5.74, 6) is -0.594. The number of aromatic nitrogens is 1. The van der Waals surface area contributed by atoms with E-state index in [9.17, 15) is 12.8 Å². The van der Waals surface area contributed by atoms with E-state index in [1.165, 1.54) is 11.3 Å². The predicted molar refractivity (Wildman–Crippen MR) is 86.6 cm³/mol. The van der Waals surface area contributed by atoms with Crippen molar-refractivity contribution >= 4 is 48.9 Å². The van der Waals surface area contributed by atoms with Crippen molar-refractivity contribution < 1.29 is 12.8 Å². The number of aryl methyl sites for hydroxylation is 1. The SMILES string of the molecule is Cc1nc2cc(NS(=O)(=O)c3ccc(F)cc3Cl)ccc2s1. The van der Waals surface area contributed by atoms with Gasteiger partial charge in [-0.3, -0.25) is 4.72 Å². The normalized spacial score (nSPS) is 11.8. The molecule has 3 aromatic rings. The maximum atomic E-state index is 13.0. The largest absolute Gasteiger partial charge is 0.280 e. The van der Waals surface area contributed by atoms with Crippen LogP contribution in [0.2, 0.25) is 5.02 Å². The van der Waals surface area contributed by atoms with Gasteiger partial charge >= 0.3 is 0 Å². The van der Waals surface area contributed by atoms with Crippen LogP contribution >= 0.6 is 22.9 Å². The monoisotopic (exact) mass is 356 g/mol. The fraction of sp³-hybridized carbons (Fsp3) is 0.0714. The number of halogens is 2. The summed E-state index contributed by atoms with van der Waals surface area (Å²) in [4.78, 5) is 4.14. The molecule has 0 aliphatic heterocycles. The highest BCUT2D eigenvalue weighted by Gasteiger charge is 2.19. The van der Waals surface area contributed by atoms with Gasteiger partial charge in [-0.05, 0) is 43.3 Å². The molecule has 0 aliphatic carbocycles. The molecule has 0 saturated heterocycles. The van der Waals surface area contributed by atoms with Crippen LogP contribution in [0, 0.1) is 12.7 Å². The van der Waals surface area contributed by atoms with Gasteiger partial charge in [0.25, 0.3) is 10.0 Å². The molecule has 0 spiro atoms. The topological polar surface area (TPSA) is 59.1 Å². The Hall–Kier alpha value is -1.70. The quantitative estimate of drug-likeness (QED) is 0.765. The molecule has 0 unspecified atom stereocenters. The van der Waals surface area contributed by atoms with E-state index in [0.717, 1.165) is 27.9 Å². The Bertz CT molecular complexity index is 970. The fourth-order valence-electron chi connectivity index (χ4n) is 2.01. The van der Waals surface area contributed by atoms with Gasteiger partial charge in [0, 0.05) is 0 Å². The highest BCUT2D eigenvalue weighted by atomic mass is 35.5. The van der Waals surface area contributed by atoms with Gasteiger partial charge < -0.3 is 0 Å². The van der Waals surface area contributed by atoms with Crippen LogP contribution in [-0.2, 0) is 10.0 Å². The molecule has 1 heterocycles.